The summed E-state index contributed by atoms with van der Waals surface area (Å²) in [5.74, 6) is 0.441. The number of aryl methyl sites for hydroxylation is 1. The maximum atomic E-state index is 12.5. The Kier molecular flexibility index (Phi) is 4.01. The minimum absolute atomic E-state index is 0.110. The number of nitrogens with one attached hydrogen (secondary N) is 2. The highest BCUT2D eigenvalue weighted by Gasteiger charge is 2.14. The van der Waals surface area contributed by atoms with Crippen molar-refractivity contribution in [1.82, 2.24) is 19.7 Å². The van der Waals surface area contributed by atoms with Crippen molar-refractivity contribution in [3.8, 4) is 11.3 Å². The van der Waals surface area contributed by atoms with Crippen LogP contribution in [0.15, 0.2) is 55.0 Å². The minimum Gasteiger partial charge on any atom is -0.338 e. The van der Waals surface area contributed by atoms with E-state index in [0.29, 0.717) is 5.82 Å². The molecule has 0 aliphatic heterocycles. The molecule has 6 nitrogen and oxygen atoms in total. The summed E-state index contributed by atoms with van der Waals surface area (Å²) in [5.41, 5.74) is 4.97. The van der Waals surface area contributed by atoms with Gasteiger partial charge in [-0.15, -0.1) is 0 Å². The maximum absolute atomic E-state index is 12.5. The van der Waals surface area contributed by atoms with E-state index in [9.17, 15) is 4.79 Å². The number of aromatic nitrogens is 4. The number of nitrogens with zero attached hydrogens (tertiary/aromatic N) is 3. The lowest BCUT2D eigenvalue weighted by Gasteiger charge is -2.06. The molecule has 0 fully saturated rings. The molecular weight excluding hydrogens is 326 g/mol. The molecule has 0 aliphatic carbocycles. The van der Waals surface area contributed by atoms with E-state index in [1.165, 1.54) is 0 Å². The van der Waals surface area contributed by atoms with E-state index in [0.717, 1.165) is 33.3 Å². The third-order valence-electron chi connectivity index (χ3n) is 4.54. The molecule has 4 aromatic rings. The Hall–Kier alpha value is -3.41. The van der Waals surface area contributed by atoms with Gasteiger partial charge in [-0.05, 0) is 37.6 Å². The number of amides is 1. The van der Waals surface area contributed by atoms with Crippen molar-refractivity contribution in [3.05, 3.63) is 66.1 Å². The number of fused-ring (bicyclic) bond motifs is 1. The van der Waals surface area contributed by atoms with Crippen molar-refractivity contribution in [3.63, 3.8) is 0 Å². The van der Waals surface area contributed by atoms with Gasteiger partial charge in [0.15, 0.2) is 5.82 Å². The molecule has 0 radical (unpaired) electrons. The summed E-state index contributed by atoms with van der Waals surface area (Å²) in [6.07, 6.45) is 5.46. The van der Waals surface area contributed by atoms with Crippen LogP contribution in [-0.2, 0) is 11.3 Å². The Bertz CT molecular complexity index is 1080. The zero-order chi connectivity index (χ0) is 18.1. The maximum Gasteiger partial charge on any atom is 0.245 e. The van der Waals surface area contributed by atoms with Gasteiger partial charge in [0.05, 0.1) is 5.69 Å². The van der Waals surface area contributed by atoms with Gasteiger partial charge in [-0.25, -0.2) is 0 Å². The number of hydrogen-bond donors (Lipinski definition) is 2. The number of anilines is 1. The van der Waals surface area contributed by atoms with Crippen molar-refractivity contribution in [2.45, 2.75) is 20.4 Å². The summed E-state index contributed by atoms with van der Waals surface area (Å²) in [6.45, 7) is 4.23. The highest BCUT2D eigenvalue weighted by Crippen LogP contribution is 2.25. The average Bonchev–Trinajstić information content (AvgIpc) is 3.17. The highest BCUT2D eigenvalue weighted by molar-refractivity contribution is 5.93. The molecule has 0 unspecified atom stereocenters. The largest absolute Gasteiger partial charge is 0.338 e. The van der Waals surface area contributed by atoms with Gasteiger partial charge in [0, 0.05) is 40.6 Å². The second kappa shape index (κ2) is 6.48. The molecule has 130 valence electrons. The van der Waals surface area contributed by atoms with Crippen LogP contribution in [-0.4, -0.2) is 25.7 Å². The number of para-hydroxylation sites is 1. The second-order valence-electron chi connectivity index (χ2n) is 6.31. The van der Waals surface area contributed by atoms with Gasteiger partial charge in [-0.3, -0.25) is 14.9 Å². The monoisotopic (exact) mass is 345 g/mol. The number of benzene rings is 1. The van der Waals surface area contributed by atoms with Crippen LogP contribution in [0.5, 0.6) is 0 Å². The SMILES string of the molecule is Cc1c(NC(=O)Cn2cc(C)c3ccccc32)n[nH]c1-c1ccncc1. The van der Waals surface area contributed by atoms with E-state index in [-0.39, 0.29) is 12.5 Å². The van der Waals surface area contributed by atoms with Gasteiger partial charge in [0.25, 0.3) is 0 Å². The summed E-state index contributed by atoms with van der Waals surface area (Å²) in [7, 11) is 0. The summed E-state index contributed by atoms with van der Waals surface area (Å²) in [6, 6.07) is 11.9. The number of carbonyl (C=O) groups excluding carboxylic acids is 1. The molecule has 0 saturated carbocycles. The molecule has 0 spiro atoms. The first-order valence-corrected chi connectivity index (χ1v) is 8.43. The number of rotatable bonds is 4. The molecule has 4 rings (SSSR count). The van der Waals surface area contributed by atoms with Crippen molar-refractivity contribution in [2.75, 3.05) is 5.32 Å². The quantitative estimate of drug-likeness (QED) is 0.592. The van der Waals surface area contributed by atoms with Crippen molar-refractivity contribution in [2.24, 2.45) is 0 Å². The van der Waals surface area contributed by atoms with Crippen LogP contribution >= 0.6 is 0 Å². The smallest absolute Gasteiger partial charge is 0.245 e. The molecule has 2 N–H and O–H groups in total. The molecule has 1 amide bonds. The van der Waals surface area contributed by atoms with E-state index in [4.69, 9.17) is 0 Å². The molecule has 0 saturated heterocycles. The molecule has 0 atom stereocenters. The minimum atomic E-state index is -0.110. The third kappa shape index (κ3) is 2.86. The first kappa shape index (κ1) is 16.1. The Morgan fingerprint density at radius 2 is 1.92 bits per heavy atom. The first-order valence-electron chi connectivity index (χ1n) is 8.43. The van der Waals surface area contributed by atoms with Crippen LogP contribution in [0.25, 0.3) is 22.2 Å². The number of carbonyl (C=O) groups is 1. The lowest BCUT2D eigenvalue weighted by atomic mass is 10.1. The van der Waals surface area contributed by atoms with E-state index >= 15 is 0 Å². The Morgan fingerprint density at radius 1 is 1.15 bits per heavy atom. The lowest BCUT2D eigenvalue weighted by Crippen LogP contribution is -2.19. The molecule has 3 aromatic heterocycles. The Balaban J connectivity index is 1.55. The molecule has 3 heterocycles. The zero-order valence-electron chi connectivity index (χ0n) is 14.7. The van der Waals surface area contributed by atoms with Gasteiger partial charge in [-0.2, -0.15) is 5.10 Å². The third-order valence-corrected chi connectivity index (χ3v) is 4.54. The Morgan fingerprint density at radius 3 is 2.73 bits per heavy atom. The van der Waals surface area contributed by atoms with Gasteiger partial charge < -0.3 is 9.88 Å². The fourth-order valence-corrected chi connectivity index (χ4v) is 3.21. The van der Waals surface area contributed by atoms with Crippen LogP contribution < -0.4 is 5.32 Å². The van der Waals surface area contributed by atoms with E-state index in [2.05, 4.69) is 33.5 Å². The van der Waals surface area contributed by atoms with E-state index in [1.807, 2.05) is 48.0 Å². The van der Waals surface area contributed by atoms with Crippen molar-refractivity contribution < 1.29 is 4.79 Å². The molecule has 0 bridgehead atoms. The second-order valence-corrected chi connectivity index (χ2v) is 6.31. The van der Waals surface area contributed by atoms with Gasteiger partial charge >= 0.3 is 0 Å². The van der Waals surface area contributed by atoms with Crippen molar-refractivity contribution in [1.29, 1.82) is 0 Å². The van der Waals surface area contributed by atoms with E-state index < -0.39 is 0 Å². The fraction of sp³-hybridized carbons (Fsp3) is 0.150. The van der Waals surface area contributed by atoms with Crippen LogP contribution in [0, 0.1) is 13.8 Å². The van der Waals surface area contributed by atoms with Gasteiger partial charge in [0.2, 0.25) is 5.91 Å². The predicted octanol–water partition coefficient (Wildman–Crippen LogP) is 3.68. The molecule has 6 heteroatoms. The number of aromatic amines is 1. The van der Waals surface area contributed by atoms with Crippen LogP contribution in [0.4, 0.5) is 5.82 Å². The lowest BCUT2D eigenvalue weighted by molar-refractivity contribution is -0.116. The van der Waals surface area contributed by atoms with Crippen LogP contribution in [0.2, 0.25) is 0 Å². The first-order chi connectivity index (χ1) is 12.6. The summed E-state index contributed by atoms with van der Waals surface area (Å²) >= 11 is 0. The summed E-state index contributed by atoms with van der Waals surface area (Å²) in [5, 5.41) is 11.3. The number of pyridine rings is 1. The average molecular weight is 345 g/mol. The molecule has 0 aliphatic rings. The highest BCUT2D eigenvalue weighted by atomic mass is 16.2. The van der Waals surface area contributed by atoms with E-state index in [1.54, 1.807) is 12.4 Å². The molecule has 26 heavy (non-hydrogen) atoms. The predicted molar refractivity (Wildman–Crippen MR) is 102 cm³/mol. The van der Waals surface area contributed by atoms with Crippen LogP contribution in [0.3, 0.4) is 0 Å². The Labute approximate surface area is 150 Å². The molecular formula is C20H19N5O. The standard InChI is InChI=1S/C20H19N5O/c1-13-11-25(17-6-4-3-5-16(13)17)12-18(26)22-20-14(2)19(23-24-20)15-7-9-21-10-8-15/h3-11H,12H2,1-2H3,(H2,22,23,24,26). The number of H-pyrrole nitrogens is 1. The summed E-state index contributed by atoms with van der Waals surface area (Å²) in [4.78, 5) is 16.6. The normalized spacial score (nSPS) is 11.0. The van der Waals surface area contributed by atoms with Gasteiger partial charge in [0.1, 0.15) is 6.54 Å². The number of hydrogen-bond acceptors (Lipinski definition) is 3. The van der Waals surface area contributed by atoms with Crippen molar-refractivity contribution >= 4 is 22.6 Å². The van der Waals surface area contributed by atoms with Crippen LogP contribution in [0.1, 0.15) is 11.1 Å². The fourth-order valence-electron chi connectivity index (χ4n) is 3.21. The molecule has 1 aromatic carbocycles. The zero-order valence-corrected chi connectivity index (χ0v) is 14.7. The topological polar surface area (TPSA) is 75.6 Å². The van der Waals surface area contributed by atoms with Gasteiger partial charge in [-0.1, -0.05) is 18.2 Å². The summed E-state index contributed by atoms with van der Waals surface area (Å²) < 4.78 is 1.96.